The molecule has 0 amide bonds. The van der Waals surface area contributed by atoms with E-state index in [0.29, 0.717) is 6.10 Å². The van der Waals surface area contributed by atoms with Gasteiger partial charge in [0.2, 0.25) is 0 Å². The second kappa shape index (κ2) is 3.05. The Morgan fingerprint density at radius 1 is 1.75 bits per heavy atom. The highest BCUT2D eigenvalue weighted by Gasteiger charge is 2.12. The Balaban J connectivity index is 2.13. The lowest BCUT2D eigenvalue weighted by Gasteiger charge is -2.18. The molecule has 0 bridgehead atoms. The molecule has 2 nitrogen and oxygen atoms in total. The van der Waals surface area contributed by atoms with Gasteiger partial charge in [-0.1, -0.05) is 0 Å². The van der Waals surface area contributed by atoms with Crippen molar-refractivity contribution in [2.75, 3.05) is 13.7 Å². The molecule has 0 aromatic rings. The van der Waals surface area contributed by atoms with Crippen molar-refractivity contribution in [2.24, 2.45) is 0 Å². The first-order valence-electron chi connectivity index (χ1n) is 2.81. The van der Waals surface area contributed by atoms with Gasteiger partial charge >= 0.3 is 0 Å². The van der Waals surface area contributed by atoms with Gasteiger partial charge in [-0.05, 0) is 6.42 Å². The first kappa shape index (κ1) is 6.05. The van der Waals surface area contributed by atoms with Crippen LogP contribution >= 0.6 is 0 Å². The van der Waals surface area contributed by atoms with E-state index >= 15 is 0 Å². The molecule has 1 aliphatic heterocycles. The number of hydrogen-bond donors (Lipinski definition) is 0. The van der Waals surface area contributed by atoms with Crippen molar-refractivity contribution in [1.29, 1.82) is 0 Å². The molecule has 2 heteroatoms. The van der Waals surface area contributed by atoms with Gasteiger partial charge in [0.05, 0.1) is 12.7 Å². The highest BCUT2D eigenvalue weighted by Crippen LogP contribution is 2.11. The van der Waals surface area contributed by atoms with E-state index in [2.05, 4.69) is 6.61 Å². The van der Waals surface area contributed by atoms with Crippen LogP contribution < -0.4 is 0 Å². The average molecular weight is 114 g/mol. The zero-order chi connectivity index (χ0) is 5.82. The molecule has 0 aliphatic carbocycles. The molecule has 1 heterocycles. The zero-order valence-electron chi connectivity index (χ0n) is 5.02. The molecule has 1 saturated heterocycles. The van der Waals surface area contributed by atoms with Crippen molar-refractivity contribution in [3.63, 3.8) is 0 Å². The van der Waals surface area contributed by atoms with Crippen LogP contribution in [0.2, 0.25) is 0 Å². The summed E-state index contributed by atoms with van der Waals surface area (Å²) in [6.45, 7) is 3.52. The summed E-state index contributed by atoms with van der Waals surface area (Å²) >= 11 is 0. The van der Waals surface area contributed by atoms with E-state index in [0.717, 1.165) is 19.4 Å². The van der Waals surface area contributed by atoms with Gasteiger partial charge in [-0.3, -0.25) is 0 Å². The summed E-state index contributed by atoms with van der Waals surface area (Å²) in [5.74, 6) is 0. The van der Waals surface area contributed by atoms with E-state index in [1.54, 1.807) is 7.11 Å². The molecule has 2 radical (unpaired) electrons. The maximum atomic E-state index is 5.05. The first-order chi connectivity index (χ1) is 3.93. The van der Waals surface area contributed by atoms with Crippen LogP contribution in [0, 0.1) is 6.61 Å². The van der Waals surface area contributed by atoms with Crippen molar-refractivity contribution in [2.45, 2.75) is 18.9 Å². The molecule has 0 spiro atoms. The zero-order valence-corrected chi connectivity index (χ0v) is 5.02. The lowest BCUT2D eigenvalue weighted by molar-refractivity contribution is 0.0200. The molecule has 1 unspecified atom stereocenters. The fourth-order valence-corrected chi connectivity index (χ4v) is 0.718. The Hall–Kier alpha value is -0.0800. The summed E-state index contributed by atoms with van der Waals surface area (Å²) in [6, 6.07) is 0. The van der Waals surface area contributed by atoms with Gasteiger partial charge in [-0.25, -0.2) is 0 Å². The number of methoxy groups -OCH3 is 1. The predicted octanol–water partition coefficient (Wildman–Crippen LogP) is 0.851. The third-order valence-electron chi connectivity index (χ3n) is 1.29. The minimum absolute atomic E-state index is 0.351. The average Bonchev–Trinajstić information content (AvgIpc) is 1.90. The third-order valence-corrected chi connectivity index (χ3v) is 1.29. The Morgan fingerprint density at radius 3 is 3.00 bits per heavy atom. The van der Waals surface area contributed by atoms with E-state index in [1.165, 1.54) is 0 Å². The Kier molecular flexibility index (Phi) is 2.30. The molecule has 46 valence electrons. The summed E-state index contributed by atoms with van der Waals surface area (Å²) in [5.41, 5.74) is 0. The number of rotatable bonds is 1. The molecular weight excluding hydrogens is 104 g/mol. The normalized spacial score (nSPS) is 23.6. The summed E-state index contributed by atoms with van der Waals surface area (Å²) in [6.07, 6.45) is 2.17. The van der Waals surface area contributed by atoms with Crippen LogP contribution in [0.1, 0.15) is 12.8 Å². The maximum Gasteiger partial charge on any atom is 0.134 e. The topological polar surface area (TPSA) is 18.5 Å². The Labute approximate surface area is 49.8 Å². The first-order valence-corrected chi connectivity index (χ1v) is 2.81. The van der Waals surface area contributed by atoms with Crippen molar-refractivity contribution < 1.29 is 9.47 Å². The molecule has 0 aromatic carbocycles. The van der Waals surface area contributed by atoms with Gasteiger partial charge in [0.15, 0.2) is 0 Å². The van der Waals surface area contributed by atoms with Crippen LogP contribution in [-0.4, -0.2) is 19.8 Å². The van der Waals surface area contributed by atoms with Crippen molar-refractivity contribution >= 4 is 0 Å². The summed E-state index contributed by atoms with van der Waals surface area (Å²) < 4.78 is 9.92. The smallest absolute Gasteiger partial charge is 0.134 e. The minimum Gasteiger partial charge on any atom is -0.381 e. The monoisotopic (exact) mass is 114 g/mol. The molecule has 8 heavy (non-hydrogen) atoms. The van der Waals surface area contributed by atoms with E-state index in [9.17, 15) is 0 Å². The number of hydrogen-bond acceptors (Lipinski definition) is 2. The quantitative estimate of drug-likeness (QED) is 0.503. The van der Waals surface area contributed by atoms with Crippen LogP contribution in [-0.2, 0) is 9.47 Å². The lowest BCUT2D eigenvalue weighted by atomic mass is 10.2. The van der Waals surface area contributed by atoms with Gasteiger partial charge in [0.1, 0.15) is 6.61 Å². The van der Waals surface area contributed by atoms with E-state index in [1.807, 2.05) is 0 Å². The lowest BCUT2D eigenvalue weighted by Crippen LogP contribution is -2.18. The van der Waals surface area contributed by atoms with Crippen molar-refractivity contribution in [1.82, 2.24) is 0 Å². The SMILES string of the molecule is COC1C[C]OCC1. The van der Waals surface area contributed by atoms with Gasteiger partial charge < -0.3 is 9.47 Å². The van der Waals surface area contributed by atoms with Crippen LogP contribution in [0.5, 0.6) is 0 Å². The Bertz CT molecular complexity index is 57.5. The Morgan fingerprint density at radius 2 is 2.62 bits per heavy atom. The van der Waals surface area contributed by atoms with Gasteiger partial charge in [-0.15, -0.1) is 0 Å². The highest BCUT2D eigenvalue weighted by molar-refractivity contribution is 4.68. The molecule has 0 saturated carbocycles. The second-order valence-electron chi connectivity index (χ2n) is 1.84. The predicted molar refractivity (Wildman–Crippen MR) is 29.2 cm³/mol. The standard InChI is InChI=1S/C6H10O2/c1-7-6-2-4-8-5-3-6/h6H,2-4H2,1H3. The fourth-order valence-electron chi connectivity index (χ4n) is 0.718. The van der Waals surface area contributed by atoms with Crippen LogP contribution in [0.25, 0.3) is 0 Å². The maximum absolute atomic E-state index is 5.05. The molecule has 1 aliphatic rings. The summed E-state index contributed by atoms with van der Waals surface area (Å²) in [4.78, 5) is 0. The molecule has 0 aromatic heterocycles. The van der Waals surface area contributed by atoms with Crippen LogP contribution in [0.15, 0.2) is 0 Å². The fraction of sp³-hybridized carbons (Fsp3) is 0.833. The summed E-state index contributed by atoms with van der Waals surface area (Å²) in [7, 11) is 1.72. The van der Waals surface area contributed by atoms with Gasteiger partial charge in [0, 0.05) is 13.5 Å². The molecule has 1 fully saturated rings. The van der Waals surface area contributed by atoms with E-state index < -0.39 is 0 Å². The van der Waals surface area contributed by atoms with Crippen LogP contribution in [0.4, 0.5) is 0 Å². The van der Waals surface area contributed by atoms with Crippen molar-refractivity contribution in [3.8, 4) is 0 Å². The number of ether oxygens (including phenoxy) is 2. The molecule has 0 N–H and O–H groups in total. The van der Waals surface area contributed by atoms with Gasteiger partial charge in [-0.2, -0.15) is 0 Å². The third kappa shape index (κ3) is 1.46. The largest absolute Gasteiger partial charge is 0.381 e. The van der Waals surface area contributed by atoms with E-state index in [4.69, 9.17) is 9.47 Å². The molecule has 1 atom stereocenters. The molecular formula is C6H10O2. The molecule has 1 rings (SSSR count). The van der Waals surface area contributed by atoms with Crippen LogP contribution in [0.3, 0.4) is 0 Å². The second-order valence-corrected chi connectivity index (χ2v) is 1.84. The highest BCUT2D eigenvalue weighted by atomic mass is 16.5. The summed E-state index contributed by atoms with van der Waals surface area (Å²) in [5, 5.41) is 0. The minimum atomic E-state index is 0.351. The van der Waals surface area contributed by atoms with E-state index in [-0.39, 0.29) is 0 Å². The van der Waals surface area contributed by atoms with Crippen molar-refractivity contribution in [3.05, 3.63) is 6.61 Å². The van der Waals surface area contributed by atoms with Gasteiger partial charge in [0.25, 0.3) is 0 Å².